The molecule has 0 spiro atoms. The van der Waals surface area contributed by atoms with E-state index in [1.165, 1.54) is 12.1 Å². The Bertz CT molecular complexity index is 1150. The molecular formula is C34H55NO14S. The Morgan fingerprint density at radius 1 is 0.380 bits per heavy atom. The molecule has 2 N–H and O–H groups in total. The van der Waals surface area contributed by atoms with Crippen LogP contribution in [0.15, 0.2) is 59.5 Å². The lowest BCUT2D eigenvalue weighted by atomic mass is 10.3. The summed E-state index contributed by atoms with van der Waals surface area (Å²) < 4.78 is 88.9. The van der Waals surface area contributed by atoms with Gasteiger partial charge in [-0.2, -0.15) is 8.42 Å². The van der Waals surface area contributed by atoms with Crippen molar-refractivity contribution in [3.8, 4) is 5.75 Å². The highest BCUT2D eigenvalue weighted by Crippen LogP contribution is 2.19. The number of benzene rings is 2. The molecule has 0 aromatic heterocycles. The van der Waals surface area contributed by atoms with Gasteiger partial charge in [-0.1, -0.05) is 30.3 Å². The lowest BCUT2D eigenvalue weighted by molar-refractivity contribution is -0.0269. The number of para-hydroxylation sites is 2. The van der Waals surface area contributed by atoms with Gasteiger partial charge in [-0.25, -0.2) is 0 Å². The Hall–Kier alpha value is -2.45. The average molecular weight is 734 g/mol. The first kappa shape index (κ1) is 43.7. The molecule has 0 amide bonds. The fourth-order valence-electron chi connectivity index (χ4n) is 3.76. The summed E-state index contributed by atoms with van der Waals surface area (Å²) in [4.78, 5) is 0.118. The summed E-state index contributed by atoms with van der Waals surface area (Å²) in [5.41, 5.74) is 6.43. The van der Waals surface area contributed by atoms with Gasteiger partial charge in [0, 0.05) is 0 Å². The second-order valence-corrected chi connectivity index (χ2v) is 11.7. The summed E-state index contributed by atoms with van der Waals surface area (Å²) in [6.45, 7) is 9.23. The van der Waals surface area contributed by atoms with Crippen molar-refractivity contribution in [2.75, 3.05) is 151 Å². The van der Waals surface area contributed by atoms with Crippen LogP contribution in [-0.4, -0.2) is 154 Å². The molecule has 0 aliphatic rings. The largest absolute Gasteiger partial charge is 0.489 e. The van der Waals surface area contributed by atoms with Crippen molar-refractivity contribution >= 4 is 15.8 Å². The summed E-state index contributed by atoms with van der Waals surface area (Å²) in [6, 6.07) is 15.3. The van der Waals surface area contributed by atoms with Crippen LogP contribution in [0.4, 0.5) is 5.69 Å². The first-order chi connectivity index (χ1) is 24.6. The van der Waals surface area contributed by atoms with Crippen molar-refractivity contribution in [3.63, 3.8) is 0 Å². The highest BCUT2D eigenvalue weighted by atomic mass is 32.2. The molecule has 0 fully saturated rings. The molecule has 50 heavy (non-hydrogen) atoms. The maximum Gasteiger partial charge on any atom is 0.297 e. The summed E-state index contributed by atoms with van der Waals surface area (Å²) >= 11 is 0. The van der Waals surface area contributed by atoms with Crippen LogP contribution < -0.4 is 10.5 Å². The van der Waals surface area contributed by atoms with Crippen LogP contribution in [0.5, 0.6) is 5.75 Å². The minimum atomic E-state index is -3.76. The van der Waals surface area contributed by atoms with Crippen molar-refractivity contribution in [1.29, 1.82) is 0 Å². The van der Waals surface area contributed by atoms with Gasteiger partial charge in [-0.3, -0.25) is 4.18 Å². The molecule has 286 valence electrons. The number of rotatable bonds is 36. The van der Waals surface area contributed by atoms with E-state index in [9.17, 15) is 8.42 Å². The fourth-order valence-corrected chi connectivity index (χ4v) is 4.68. The number of nitrogens with two attached hydrogens (primary N) is 1. The van der Waals surface area contributed by atoms with E-state index in [2.05, 4.69) is 0 Å². The van der Waals surface area contributed by atoms with E-state index in [0.717, 1.165) is 0 Å². The zero-order chi connectivity index (χ0) is 35.6. The zero-order valence-corrected chi connectivity index (χ0v) is 29.8. The molecule has 0 radical (unpaired) electrons. The van der Waals surface area contributed by atoms with E-state index in [1.54, 1.807) is 24.3 Å². The third kappa shape index (κ3) is 24.7. The van der Waals surface area contributed by atoms with E-state index in [0.29, 0.717) is 144 Å². The van der Waals surface area contributed by atoms with Crippen molar-refractivity contribution in [2.24, 2.45) is 0 Å². The molecule has 2 aromatic rings. The van der Waals surface area contributed by atoms with E-state index >= 15 is 0 Å². The SMILES string of the molecule is Nc1ccccc1OCCOCCOCCOCCOCCOCCOCCOCCOCCOCCOCCOS(=O)(=O)c1ccccc1. The molecule has 0 aliphatic carbocycles. The van der Waals surface area contributed by atoms with Crippen LogP contribution in [0.3, 0.4) is 0 Å². The van der Waals surface area contributed by atoms with Crippen LogP contribution in [0.25, 0.3) is 0 Å². The Morgan fingerprint density at radius 2 is 0.680 bits per heavy atom. The van der Waals surface area contributed by atoms with E-state index < -0.39 is 10.1 Å². The Labute approximate surface area is 296 Å². The average Bonchev–Trinajstić information content (AvgIpc) is 3.13. The second kappa shape index (κ2) is 31.3. The van der Waals surface area contributed by atoms with Gasteiger partial charge in [0.1, 0.15) is 12.4 Å². The summed E-state index contributed by atoms with van der Waals surface area (Å²) in [6.07, 6.45) is 0. The van der Waals surface area contributed by atoms with Crippen molar-refractivity contribution in [3.05, 3.63) is 54.6 Å². The maximum absolute atomic E-state index is 12.0. The minimum absolute atomic E-state index is 0.0611. The van der Waals surface area contributed by atoms with E-state index in [1.807, 2.05) is 18.2 Å². The first-order valence-corrected chi connectivity index (χ1v) is 18.2. The molecule has 0 saturated heterocycles. The summed E-state index contributed by atoms with van der Waals surface area (Å²) in [7, 11) is -3.76. The van der Waals surface area contributed by atoms with Crippen LogP contribution in [-0.2, 0) is 61.7 Å². The van der Waals surface area contributed by atoms with Gasteiger partial charge in [0.25, 0.3) is 10.1 Å². The number of anilines is 1. The van der Waals surface area contributed by atoms with E-state index in [-0.39, 0.29) is 18.1 Å². The van der Waals surface area contributed by atoms with E-state index in [4.69, 9.17) is 62.0 Å². The van der Waals surface area contributed by atoms with Gasteiger partial charge in [-0.15, -0.1) is 0 Å². The molecule has 0 atom stereocenters. The van der Waals surface area contributed by atoms with Gasteiger partial charge in [0.15, 0.2) is 0 Å². The van der Waals surface area contributed by atoms with Crippen LogP contribution >= 0.6 is 0 Å². The summed E-state index contributed by atoms with van der Waals surface area (Å²) in [5.74, 6) is 0.661. The van der Waals surface area contributed by atoms with Gasteiger partial charge in [-0.05, 0) is 24.3 Å². The van der Waals surface area contributed by atoms with Crippen LogP contribution in [0.1, 0.15) is 0 Å². The summed E-state index contributed by atoms with van der Waals surface area (Å²) in [5, 5.41) is 0. The minimum Gasteiger partial charge on any atom is -0.489 e. The predicted octanol–water partition coefficient (Wildman–Crippen LogP) is 2.22. The molecule has 0 unspecified atom stereocenters. The number of nitrogen functional groups attached to an aromatic ring is 1. The monoisotopic (exact) mass is 733 g/mol. The maximum atomic E-state index is 12.0. The Morgan fingerprint density at radius 3 is 1.04 bits per heavy atom. The van der Waals surface area contributed by atoms with Gasteiger partial charge in [0.05, 0.1) is 149 Å². The number of hydrogen-bond acceptors (Lipinski definition) is 15. The Kier molecular flexibility index (Phi) is 27.4. The third-order valence-electron chi connectivity index (χ3n) is 6.25. The topological polar surface area (TPSA) is 171 Å². The lowest BCUT2D eigenvalue weighted by Crippen LogP contribution is -2.16. The van der Waals surface area contributed by atoms with Gasteiger partial charge < -0.3 is 57.8 Å². The quantitative estimate of drug-likeness (QED) is 0.0614. The predicted molar refractivity (Wildman–Crippen MR) is 184 cm³/mol. The zero-order valence-electron chi connectivity index (χ0n) is 29.0. The molecule has 0 bridgehead atoms. The highest BCUT2D eigenvalue weighted by Gasteiger charge is 2.13. The molecular weight excluding hydrogens is 678 g/mol. The highest BCUT2D eigenvalue weighted by molar-refractivity contribution is 7.86. The Balaban J connectivity index is 1.16. The normalized spacial score (nSPS) is 11.7. The van der Waals surface area contributed by atoms with Crippen LogP contribution in [0, 0.1) is 0 Å². The lowest BCUT2D eigenvalue weighted by Gasteiger charge is -2.10. The molecule has 15 nitrogen and oxygen atoms in total. The smallest absolute Gasteiger partial charge is 0.297 e. The molecule has 2 aromatic carbocycles. The molecule has 16 heteroatoms. The van der Waals surface area contributed by atoms with Crippen LogP contribution in [0.2, 0.25) is 0 Å². The second-order valence-electron chi connectivity index (χ2n) is 10.1. The fraction of sp³-hybridized carbons (Fsp3) is 0.647. The molecule has 0 heterocycles. The van der Waals surface area contributed by atoms with Crippen molar-refractivity contribution < 1.29 is 64.7 Å². The molecule has 2 rings (SSSR count). The van der Waals surface area contributed by atoms with Crippen molar-refractivity contribution in [1.82, 2.24) is 0 Å². The van der Waals surface area contributed by atoms with Gasteiger partial charge in [0.2, 0.25) is 0 Å². The van der Waals surface area contributed by atoms with Gasteiger partial charge >= 0.3 is 0 Å². The molecule has 0 saturated carbocycles. The van der Waals surface area contributed by atoms with Crippen molar-refractivity contribution in [2.45, 2.75) is 4.90 Å². The standard InChI is InChI=1S/C34H55NO14S/c35-33-8-4-5-9-34(33)48-30-28-46-26-24-44-22-20-42-18-16-40-14-12-38-10-11-39-13-15-41-17-19-43-21-23-45-25-27-47-29-31-49-50(36,37)32-6-2-1-3-7-32/h1-9H,10-31,35H2. The molecule has 0 aliphatic heterocycles. The number of hydrogen-bond donors (Lipinski definition) is 1. The number of ether oxygens (including phenoxy) is 11. The third-order valence-corrected chi connectivity index (χ3v) is 7.58. The first-order valence-electron chi connectivity index (χ1n) is 16.8.